The summed E-state index contributed by atoms with van der Waals surface area (Å²) in [6.45, 7) is 0. The molecule has 0 aliphatic carbocycles. The van der Waals surface area contributed by atoms with E-state index in [9.17, 15) is 9.59 Å². The minimum absolute atomic E-state index is 0.246. The van der Waals surface area contributed by atoms with Crippen LogP contribution in [0.5, 0.6) is 0 Å². The maximum absolute atomic E-state index is 11.4. The van der Waals surface area contributed by atoms with Crippen molar-refractivity contribution in [1.82, 2.24) is 4.98 Å². The van der Waals surface area contributed by atoms with Gasteiger partial charge in [-0.15, -0.1) is 11.3 Å². The molecule has 0 atom stereocenters. The molecule has 0 bridgehead atoms. The van der Waals surface area contributed by atoms with Crippen LogP contribution in [0.25, 0.3) is 12.2 Å². The third kappa shape index (κ3) is 3.59. The number of ether oxygens (including phenoxy) is 1. The van der Waals surface area contributed by atoms with E-state index in [0.29, 0.717) is 5.01 Å². The summed E-state index contributed by atoms with van der Waals surface area (Å²) < 4.78 is 4.59. The van der Waals surface area contributed by atoms with Crippen LogP contribution in [0.15, 0.2) is 41.2 Å². The van der Waals surface area contributed by atoms with Gasteiger partial charge in [-0.1, -0.05) is 36.4 Å². The van der Waals surface area contributed by atoms with E-state index in [1.807, 2.05) is 36.4 Å². The smallest absolute Gasteiger partial charge is 0.348 e. The van der Waals surface area contributed by atoms with Crippen molar-refractivity contribution in [3.05, 3.63) is 62.2 Å². The second-order valence-electron chi connectivity index (χ2n) is 3.63. The molecule has 0 spiro atoms. The van der Waals surface area contributed by atoms with Crippen molar-refractivity contribution in [2.75, 3.05) is 7.11 Å². The molecule has 0 aliphatic rings. The van der Waals surface area contributed by atoms with Crippen LogP contribution in [-0.2, 0) is 4.74 Å². The lowest BCUT2D eigenvalue weighted by Gasteiger charge is -1.98. The van der Waals surface area contributed by atoms with Crippen LogP contribution >= 0.6 is 11.3 Å². The standard InChI is InChI=1S/C14H11NO3S/c1-18-14(17)11-9-12(16)15-13(19-11)8-7-10-5-3-2-4-6-10/h2-9H,1H3/b8-7+. The first-order valence-corrected chi connectivity index (χ1v) is 6.34. The van der Waals surface area contributed by atoms with Gasteiger partial charge in [-0.3, -0.25) is 4.79 Å². The number of methoxy groups -OCH3 is 1. The molecule has 0 unspecified atom stereocenters. The Morgan fingerprint density at radius 3 is 2.68 bits per heavy atom. The van der Waals surface area contributed by atoms with Gasteiger partial charge in [-0.2, -0.15) is 4.98 Å². The van der Waals surface area contributed by atoms with Crippen molar-refractivity contribution < 1.29 is 9.53 Å². The number of carbonyl (C=O) groups excluding carboxylic acids is 1. The Morgan fingerprint density at radius 1 is 1.26 bits per heavy atom. The Hall–Kier alpha value is -2.27. The van der Waals surface area contributed by atoms with Gasteiger partial charge in [0.25, 0.3) is 5.56 Å². The van der Waals surface area contributed by atoms with Crippen LogP contribution in [-0.4, -0.2) is 18.1 Å². The van der Waals surface area contributed by atoms with Crippen LogP contribution in [0.1, 0.15) is 20.2 Å². The van der Waals surface area contributed by atoms with Gasteiger partial charge in [0.05, 0.1) is 7.11 Å². The van der Waals surface area contributed by atoms with Crippen molar-refractivity contribution in [1.29, 1.82) is 0 Å². The number of hydrogen-bond acceptors (Lipinski definition) is 5. The second-order valence-corrected chi connectivity index (χ2v) is 4.70. The fraction of sp³-hybridized carbons (Fsp3) is 0.0714. The van der Waals surface area contributed by atoms with Crippen LogP contribution < -0.4 is 5.56 Å². The van der Waals surface area contributed by atoms with Gasteiger partial charge in [0.15, 0.2) is 0 Å². The molecule has 0 radical (unpaired) electrons. The van der Waals surface area contributed by atoms with E-state index in [-0.39, 0.29) is 4.88 Å². The van der Waals surface area contributed by atoms with E-state index in [2.05, 4.69) is 9.72 Å². The first-order valence-electron chi connectivity index (χ1n) is 5.52. The lowest BCUT2D eigenvalue weighted by molar-refractivity contribution is 0.0606. The summed E-state index contributed by atoms with van der Waals surface area (Å²) in [6, 6.07) is 10.8. The number of rotatable bonds is 3. The molecule has 4 nitrogen and oxygen atoms in total. The van der Waals surface area contributed by atoms with Gasteiger partial charge in [-0.25, -0.2) is 4.79 Å². The van der Waals surface area contributed by atoms with Gasteiger partial charge >= 0.3 is 5.97 Å². The highest BCUT2D eigenvalue weighted by molar-refractivity contribution is 7.14. The number of carbonyl (C=O) groups is 1. The Bertz CT molecular complexity index is 662. The monoisotopic (exact) mass is 273 g/mol. The lowest BCUT2D eigenvalue weighted by atomic mass is 10.2. The zero-order valence-corrected chi connectivity index (χ0v) is 11.0. The fourth-order valence-corrected chi connectivity index (χ4v) is 2.25. The molecule has 5 heteroatoms. The van der Waals surface area contributed by atoms with E-state index in [1.54, 1.807) is 6.08 Å². The summed E-state index contributed by atoms with van der Waals surface area (Å²) in [5.74, 6) is -0.529. The summed E-state index contributed by atoms with van der Waals surface area (Å²) in [5.41, 5.74) is 0.541. The molecule has 1 aromatic heterocycles. The normalized spacial score (nSPS) is 10.6. The highest BCUT2D eigenvalue weighted by atomic mass is 32.1. The molecule has 19 heavy (non-hydrogen) atoms. The van der Waals surface area contributed by atoms with Crippen molar-refractivity contribution in [3.63, 3.8) is 0 Å². The predicted octanol–water partition coefficient (Wildman–Crippen LogP) is 2.46. The maximum atomic E-state index is 11.4. The predicted molar refractivity (Wildman–Crippen MR) is 75.1 cm³/mol. The molecular formula is C14H11NO3S. The summed E-state index contributed by atoms with van der Waals surface area (Å²) in [5, 5.41) is 0.469. The highest BCUT2D eigenvalue weighted by Crippen LogP contribution is 2.13. The largest absolute Gasteiger partial charge is 0.465 e. The van der Waals surface area contributed by atoms with Crippen molar-refractivity contribution in [2.45, 2.75) is 0 Å². The zero-order valence-electron chi connectivity index (χ0n) is 10.2. The van der Waals surface area contributed by atoms with Crippen molar-refractivity contribution in [3.8, 4) is 0 Å². The van der Waals surface area contributed by atoms with E-state index in [0.717, 1.165) is 16.9 Å². The number of esters is 1. The average molecular weight is 273 g/mol. The SMILES string of the molecule is COC(=O)c1cc(=O)nc(/C=C/c2ccccc2)s1. The van der Waals surface area contributed by atoms with E-state index < -0.39 is 11.5 Å². The number of hydrogen-bond donors (Lipinski definition) is 0. The first kappa shape index (κ1) is 13.2. The molecule has 2 rings (SSSR count). The molecule has 0 N–H and O–H groups in total. The minimum Gasteiger partial charge on any atom is -0.465 e. The summed E-state index contributed by atoms with van der Waals surface area (Å²) in [7, 11) is 1.28. The molecular weight excluding hydrogens is 262 g/mol. The van der Waals surface area contributed by atoms with E-state index >= 15 is 0 Å². The quantitative estimate of drug-likeness (QED) is 0.806. The van der Waals surface area contributed by atoms with Gasteiger partial charge in [0.1, 0.15) is 9.88 Å². The van der Waals surface area contributed by atoms with Gasteiger partial charge in [0.2, 0.25) is 0 Å². The summed E-state index contributed by atoms with van der Waals surface area (Å²) in [6.07, 6.45) is 3.53. The molecule has 0 saturated carbocycles. The average Bonchev–Trinajstić information content (AvgIpc) is 2.45. The molecule has 0 aliphatic heterocycles. The van der Waals surface area contributed by atoms with Crippen molar-refractivity contribution >= 4 is 29.5 Å². The molecule has 96 valence electrons. The van der Waals surface area contributed by atoms with Gasteiger partial charge < -0.3 is 4.74 Å². The second kappa shape index (κ2) is 6.06. The van der Waals surface area contributed by atoms with Crippen LogP contribution in [0, 0.1) is 0 Å². The van der Waals surface area contributed by atoms with Gasteiger partial charge in [0, 0.05) is 6.07 Å². The Kier molecular flexibility index (Phi) is 4.20. The Morgan fingerprint density at radius 2 is 2.00 bits per heavy atom. The van der Waals surface area contributed by atoms with E-state index in [4.69, 9.17) is 0 Å². The fourth-order valence-electron chi connectivity index (χ4n) is 1.42. The number of aromatic nitrogens is 1. The van der Waals surface area contributed by atoms with Crippen molar-refractivity contribution in [2.24, 2.45) is 0 Å². The van der Waals surface area contributed by atoms with Crippen LogP contribution in [0.3, 0.4) is 0 Å². The molecule has 0 amide bonds. The first-order chi connectivity index (χ1) is 9.19. The van der Waals surface area contributed by atoms with Gasteiger partial charge in [-0.05, 0) is 11.6 Å². The van der Waals surface area contributed by atoms with Crippen LogP contribution in [0.2, 0.25) is 0 Å². The third-order valence-electron chi connectivity index (χ3n) is 2.29. The molecule has 0 fully saturated rings. The minimum atomic E-state index is -0.529. The molecule has 0 saturated heterocycles. The number of benzene rings is 1. The maximum Gasteiger partial charge on any atom is 0.348 e. The number of nitrogens with zero attached hydrogens (tertiary/aromatic N) is 1. The summed E-state index contributed by atoms with van der Waals surface area (Å²) in [4.78, 5) is 26.9. The molecule has 2 aromatic rings. The third-order valence-corrected chi connectivity index (χ3v) is 3.23. The van der Waals surface area contributed by atoms with Crippen LogP contribution in [0.4, 0.5) is 0 Å². The molecule has 1 heterocycles. The molecule has 1 aromatic carbocycles. The Balaban J connectivity index is 2.31. The Labute approximate surface area is 114 Å². The topological polar surface area (TPSA) is 56.3 Å². The highest BCUT2D eigenvalue weighted by Gasteiger charge is 2.08. The lowest BCUT2D eigenvalue weighted by Crippen LogP contribution is -2.09. The zero-order chi connectivity index (χ0) is 13.7. The summed E-state index contributed by atoms with van der Waals surface area (Å²) >= 11 is 1.12. The van der Waals surface area contributed by atoms with E-state index in [1.165, 1.54) is 13.2 Å².